The molecule has 1 aliphatic heterocycles. The van der Waals surface area contributed by atoms with E-state index in [1.54, 1.807) is 35.0 Å². The van der Waals surface area contributed by atoms with Crippen molar-refractivity contribution in [3.05, 3.63) is 48.4 Å². The topological polar surface area (TPSA) is 77.3 Å². The Balaban J connectivity index is 1.57. The average molecular weight is 386 g/mol. The van der Waals surface area contributed by atoms with Crippen LogP contribution < -0.4 is 4.74 Å². The van der Waals surface area contributed by atoms with Crippen LogP contribution >= 0.6 is 0 Å². The largest absolute Gasteiger partial charge is 0.427 e. The SMILES string of the molecule is O=COc1ccc(-n2ccc3cc(C(=O)N4CCC(F)(F)CC4)cnc32)nc1. The van der Waals surface area contributed by atoms with Crippen molar-refractivity contribution in [2.24, 2.45) is 0 Å². The minimum Gasteiger partial charge on any atom is -0.427 e. The number of nitrogens with zero attached hydrogens (tertiary/aromatic N) is 4. The molecule has 7 nitrogen and oxygen atoms in total. The summed E-state index contributed by atoms with van der Waals surface area (Å²) >= 11 is 0. The molecule has 144 valence electrons. The highest BCUT2D eigenvalue weighted by Gasteiger charge is 2.35. The molecule has 0 radical (unpaired) electrons. The van der Waals surface area contributed by atoms with E-state index in [2.05, 4.69) is 9.97 Å². The summed E-state index contributed by atoms with van der Waals surface area (Å²) in [5.74, 6) is -2.11. The van der Waals surface area contributed by atoms with E-state index in [0.29, 0.717) is 29.3 Å². The van der Waals surface area contributed by atoms with Crippen LogP contribution in [0.5, 0.6) is 5.75 Å². The first-order valence-corrected chi connectivity index (χ1v) is 8.68. The van der Waals surface area contributed by atoms with Gasteiger partial charge < -0.3 is 9.64 Å². The molecule has 1 saturated heterocycles. The van der Waals surface area contributed by atoms with Crippen molar-refractivity contribution in [3.8, 4) is 11.6 Å². The van der Waals surface area contributed by atoms with Gasteiger partial charge in [0.05, 0.1) is 11.8 Å². The maximum Gasteiger partial charge on any atom is 0.298 e. The predicted molar refractivity (Wildman–Crippen MR) is 95.6 cm³/mol. The Labute approximate surface area is 158 Å². The van der Waals surface area contributed by atoms with Crippen molar-refractivity contribution in [1.82, 2.24) is 19.4 Å². The molecule has 0 atom stereocenters. The quantitative estimate of drug-likeness (QED) is 0.645. The van der Waals surface area contributed by atoms with E-state index >= 15 is 0 Å². The fraction of sp³-hybridized carbons (Fsp3) is 0.263. The molecule has 0 aliphatic carbocycles. The Morgan fingerprint density at radius 2 is 1.93 bits per heavy atom. The Morgan fingerprint density at radius 3 is 2.61 bits per heavy atom. The van der Waals surface area contributed by atoms with Crippen LogP contribution in [0.2, 0.25) is 0 Å². The summed E-state index contributed by atoms with van der Waals surface area (Å²) in [6.45, 7) is 0.388. The van der Waals surface area contributed by atoms with E-state index in [1.807, 2.05) is 0 Å². The van der Waals surface area contributed by atoms with Crippen molar-refractivity contribution in [2.75, 3.05) is 13.1 Å². The lowest BCUT2D eigenvalue weighted by Gasteiger charge is -2.31. The molecule has 1 fully saturated rings. The summed E-state index contributed by atoms with van der Waals surface area (Å²) in [5.41, 5.74) is 0.955. The lowest BCUT2D eigenvalue weighted by Crippen LogP contribution is -2.42. The summed E-state index contributed by atoms with van der Waals surface area (Å²) < 4.78 is 33.1. The van der Waals surface area contributed by atoms with Crippen molar-refractivity contribution >= 4 is 23.4 Å². The lowest BCUT2D eigenvalue weighted by molar-refractivity contribution is -0.120. The van der Waals surface area contributed by atoms with E-state index in [4.69, 9.17) is 4.74 Å². The molecule has 0 spiro atoms. The number of amides is 1. The Hall–Kier alpha value is -3.36. The fourth-order valence-electron chi connectivity index (χ4n) is 3.19. The van der Waals surface area contributed by atoms with Gasteiger partial charge in [-0.2, -0.15) is 0 Å². The number of ether oxygens (including phenoxy) is 1. The molecule has 0 N–H and O–H groups in total. The third-order valence-corrected chi connectivity index (χ3v) is 4.71. The van der Waals surface area contributed by atoms with Crippen LogP contribution in [0.1, 0.15) is 23.2 Å². The molecule has 0 aromatic carbocycles. The number of pyridine rings is 2. The second-order valence-corrected chi connectivity index (χ2v) is 6.54. The molecule has 4 rings (SSSR count). The van der Waals surface area contributed by atoms with Crippen LogP contribution in [0, 0.1) is 0 Å². The second-order valence-electron chi connectivity index (χ2n) is 6.54. The standard InChI is InChI=1S/C19H16F2N4O3/c20-19(21)4-7-24(8-5-19)18(27)14-9-13-3-6-25(17(13)23-10-14)16-2-1-15(11-22-16)28-12-26/h1-3,6,9-12H,4-5,7-8H2. The first-order valence-electron chi connectivity index (χ1n) is 8.68. The molecule has 4 heterocycles. The summed E-state index contributed by atoms with van der Waals surface area (Å²) in [4.78, 5) is 33.0. The predicted octanol–water partition coefficient (Wildman–Crippen LogP) is 2.83. The van der Waals surface area contributed by atoms with Gasteiger partial charge in [-0.15, -0.1) is 0 Å². The molecular formula is C19H16F2N4O3. The van der Waals surface area contributed by atoms with Crippen LogP contribution in [-0.4, -0.2) is 50.8 Å². The third kappa shape index (κ3) is 3.42. The van der Waals surface area contributed by atoms with Gasteiger partial charge in [0.1, 0.15) is 17.2 Å². The van der Waals surface area contributed by atoms with Gasteiger partial charge in [-0.05, 0) is 24.3 Å². The first kappa shape index (κ1) is 18.0. The highest BCUT2D eigenvalue weighted by Crippen LogP contribution is 2.28. The van der Waals surface area contributed by atoms with Gasteiger partial charge in [0, 0.05) is 43.7 Å². The summed E-state index contributed by atoms with van der Waals surface area (Å²) in [5, 5.41) is 0.725. The zero-order chi connectivity index (χ0) is 19.7. The Morgan fingerprint density at radius 1 is 1.14 bits per heavy atom. The van der Waals surface area contributed by atoms with Crippen LogP contribution in [-0.2, 0) is 4.79 Å². The number of fused-ring (bicyclic) bond motifs is 1. The maximum atomic E-state index is 13.3. The number of hydrogen-bond donors (Lipinski definition) is 0. The molecule has 3 aromatic heterocycles. The molecule has 9 heteroatoms. The monoisotopic (exact) mass is 386 g/mol. The number of piperidine rings is 1. The second kappa shape index (κ2) is 6.99. The maximum absolute atomic E-state index is 13.3. The van der Waals surface area contributed by atoms with E-state index in [1.165, 1.54) is 17.3 Å². The number of hydrogen-bond acceptors (Lipinski definition) is 5. The molecule has 3 aromatic rings. The van der Waals surface area contributed by atoms with E-state index in [0.717, 1.165) is 5.39 Å². The molecule has 28 heavy (non-hydrogen) atoms. The van der Waals surface area contributed by atoms with Crippen LogP contribution in [0.3, 0.4) is 0 Å². The normalized spacial score (nSPS) is 16.1. The molecule has 1 aliphatic rings. The van der Waals surface area contributed by atoms with Crippen molar-refractivity contribution < 1.29 is 23.1 Å². The number of likely N-dealkylation sites (tertiary alicyclic amines) is 1. The highest BCUT2D eigenvalue weighted by molar-refractivity contribution is 5.97. The van der Waals surface area contributed by atoms with E-state index < -0.39 is 5.92 Å². The van der Waals surface area contributed by atoms with Gasteiger partial charge in [0.25, 0.3) is 18.3 Å². The van der Waals surface area contributed by atoms with Crippen LogP contribution in [0.25, 0.3) is 16.9 Å². The van der Waals surface area contributed by atoms with E-state index in [9.17, 15) is 18.4 Å². The van der Waals surface area contributed by atoms with Gasteiger partial charge in [-0.1, -0.05) is 0 Å². The average Bonchev–Trinajstić information content (AvgIpc) is 3.11. The molecule has 0 saturated carbocycles. The van der Waals surface area contributed by atoms with Gasteiger partial charge in [-0.25, -0.2) is 18.7 Å². The molecule has 1 amide bonds. The first-order chi connectivity index (χ1) is 13.5. The third-order valence-electron chi connectivity index (χ3n) is 4.71. The van der Waals surface area contributed by atoms with Gasteiger partial charge in [-0.3, -0.25) is 14.2 Å². The number of carbonyl (C=O) groups is 2. The highest BCUT2D eigenvalue weighted by atomic mass is 19.3. The number of halogens is 2. The van der Waals surface area contributed by atoms with E-state index in [-0.39, 0.29) is 31.8 Å². The Bertz CT molecular complexity index is 1020. The molecule has 0 bridgehead atoms. The number of carbonyl (C=O) groups excluding carboxylic acids is 2. The van der Waals surface area contributed by atoms with Gasteiger partial charge >= 0.3 is 0 Å². The fourth-order valence-corrected chi connectivity index (χ4v) is 3.19. The zero-order valence-electron chi connectivity index (χ0n) is 14.7. The minimum atomic E-state index is -2.70. The smallest absolute Gasteiger partial charge is 0.298 e. The Kier molecular flexibility index (Phi) is 4.50. The van der Waals surface area contributed by atoms with Gasteiger partial charge in [0.15, 0.2) is 0 Å². The van der Waals surface area contributed by atoms with Crippen LogP contribution in [0.4, 0.5) is 8.78 Å². The number of aromatic nitrogens is 3. The number of alkyl halides is 2. The minimum absolute atomic E-state index is 0.0318. The summed E-state index contributed by atoms with van der Waals surface area (Å²) in [6, 6.07) is 6.76. The van der Waals surface area contributed by atoms with Crippen molar-refractivity contribution in [1.29, 1.82) is 0 Å². The molecule has 0 unspecified atom stereocenters. The van der Waals surface area contributed by atoms with Crippen LogP contribution in [0.15, 0.2) is 42.9 Å². The van der Waals surface area contributed by atoms with Gasteiger partial charge in [0.2, 0.25) is 0 Å². The van der Waals surface area contributed by atoms with Crippen molar-refractivity contribution in [2.45, 2.75) is 18.8 Å². The number of rotatable bonds is 4. The molecular weight excluding hydrogens is 370 g/mol. The lowest BCUT2D eigenvalue weighted by atomic mass is 10.1. The summed E-state index contributed by atoms with van der Waals surface area (Å²) in [7, 11) is 0. The summed E-state index contributed by atoms with van der Waals surface area (Å²) in [6.07, 6.45) is 3.98. The zero-order valence-corrected chi connectivity index (χ0v) is 14.7. The van der Waals surface area contributed by atoms with Crippen molar-refractivity contribution in [3.63, 3.8) is 0 Å².